The van der Waals surface area contributed by atoms with Crippen molar-refractivity contribution in [3.8, 4) is 11.8 Å². The Bertz CT molecular complexity index is 862. The number of nitriles is 1. The van der Waals surface area contributed by atoms with Crippen LogP contribution in [0.2, 0.25) is 5.02 Å². The number of rotatable bonds is 2. The lowest BCUT2D eigenvalue weighted by molar-refractivity contribution is 0.877. The van der Waals surface area contributed by atoms with Gasteiger partial charge in [0.25, 0.3) is 0 Å². The highest BCUT2D eigenvalue weighted by Gasteiger charge is 2.18. The van der Waals surface area contributed by atoms with E-state index < -0.39 is 0 Å². The van der Waals surface area contributed by atoms with E-state index in [2.05, 4.69) is 16.0 Å². The van der Waals surface area contributed by atoms with Crippen molar-refractivity contribution in [3.63, 3.8) is 0 Å². The Morgan fingerprint density at radius 2 is 2.14 bits per heavy atom. The maximum absolute atomic E-state index is 8.94. The fourth-order valence-electron chi connectivity index (χ4n) is 2.19. The van der Waals surface area contributed by atoms with Gasteiger partial charge in [0.05, 0.1) is 27.7 Å². The van der Waals surface area contributed by atoms with Crippen molar-refractivity contribution in [3.05, 3.63) is 52.9 Å². The van der Waals surface area contributed by atoms with Crippen molar-refractivity contribution in [1.29, 1.82) is 5.26 Å². The van der Waals surface area contributed by atoms with Crippen molar-refractivity contribution in [2.24, 2.45) is 0 Å². The third kappa shape index (κ3) is 2.35. The number of pyridine rings is 1. The monoisotopic (exact) mass is 316 g/mol. The van der Waals surface area contributed by atoms with Gasteiger partial charge in [0, 0.05) is 6.20 Å². The number of nitrogens with zero attached hydrogens (tertiary/aromatic N) is 4. The number of hydrogen-bond donors (Lipinski definition) is 0. The molecule has 0 radical (unpaired) electrons. The van der Waals surface area contributed by atoms with Gasteiger partial charge in [0.2, 0.25) is 0 Å². The first-order valence-electron chi connectivity index (χ1n) is 6.29. The van der Waals surface area contributed by atoms with Crippen molar-refractivity contribution < 1.29 is 0 Å². The molecule has 6 heteroatoms. The molecule has 0 aliphatic carbocycles. The molecule has 1 aromatic carbocycles. The Morgan fingerprint density at radius 3 is 2.81 bits per heavy atom. The van der Waals surface area contributed by atoms with Gasteiger partial charge < -0.3 is 0 Å². The lowest BCUT2D eigenvalue weighted by atomic mass is 10.2. The van der Waals surface area contributed by atoms with E-state index in [0.29, 0.717) is 27.7 Å². The molecule has 4 nitrogen and oxygen atoms in total. The number of imidazole rings is 1. The third-order valence-electron chi connectivity index (χ3n) is 3.12. The summed E-state index contributed by atoms with van der Waals surface area (Å²) in [5, 5.41) is 9.09. The molecule has 0 N–H and O–H groups in total. The molecular weight excluding hydrogens is 307 g/mol. The minimum Gasteiger partial charge on any atom is -0.278 e. The first kappa shape index (κ1) is 13.9. The summed E-state index contributed by atoms with van der Waals surface area (Å²) >= 11 is 12.5. The second-order valence-corrected chi connectivity index (χ2v) is 5.61. The van der Waals surface area contributed by atoms with Crippen LogP contribution in [0.3, 0.4) is 0 Å². The molecule has 0 bridgehead atoms. The van der Waals surface area contributed by atoms with Crippen LogP contribution in [-0.2, 0) is 0 Å². The van der Waals surface area contributed by atoms with Gasteiger partial charge in [-0.05, 0) is 37.3 Å². The van der Waals surface area contributed by atoms with Gasteiger partial charge in [0.1, 0.15) is 11.3 Å². The molecule has 0 saturated carbocycles. The molecule has 0 fully saturated rings. The van der Waals surface area contributed by atoms with Gasteiger partial charge in [0.15, 0.2) is 5.65 Å². The molecule has 0 spiro atoms. The smallest absolute Gasteiger partial charge is 0.164 e. The molecule has 1 atom stereocenters. The first-order chi connectivity index (χ1) is 10.1. The molecule has 0 aliphatic rings. The average molecular weight is 317 g/mol. The van der Waals surface area contributed by atoms with Crippen molar-refractivity contribution >= 4 is 34.4 Å². The average Bonchev–Trinajstić information content (AvgIpc) is 2.86. The molecule has 0 saturated heterocycles. The molecule has 2 heterocycles. The summed E-state index contributed by atoms with van der Waals surface area (Å²) in [7, 11) is 0. The van der Waals surface area contributed by atoms with Gasteiger partial charge in [-0.2, -0.15) is 5.26 Å². The zero-order valence-corrected chi connectivity index (χ0v) is 12.6. The van der Waals surface area contributed by atoms with Gasteiger partial charge >= 0.3 is 0 Å². The van der Waals surface area contributed by atoms with Crippen LogP contribution >= 0.6 is 23.2 Å². The molecule has 3 aromatic rings. The second-order valence-electron chi connectivity index (χ2n) is 4.55. The summed E-state index contributed by atoms with van der Waals surface area (Å²) in [6.45, 7) is 1.84. The number of benzene rings is 1. The second kappa shape index (κ2) is 5.36. The Hall–Kier alpha value is -2.09. The largest absolute Gasteiger partial charge is 0.278 e. The summed E-state index contributed by atoms with van der Waals surface area (Å²) in [6.07, 6.45) is 1.70. The van der Waals surface area contributed by atoms with Crippen LogP contribution in [0.25, 0.3) is 16.9 Å². The molecule has 104 valence electrons. The van der Waals surface area contributed by atoms with Gasteiger partial charge in [-0.15, -0.1) is 11.6 Å². The maximum Gasteiger partial charge on any atom is 0.164 e. The summed E-state index contributed by atoms with van der Waals surface area (Å²) in [5.41, 5.74) is 2.65. The molecule has 3 rings (SSSR count). The van der Waals surface area contributed by atoms with Crippen LogP contribution in [0, 0.1) is 11.3 Å². The molecular formula is C15H10Cl2N4. The summed E-state index contributed by atoms with van der Waals surface area (Å²) < 4.78 is 1.83. The van der Waals surface area contributed by atoms with Crippen LogP contribution in [-0.4, -0.2) is 14.5 Å². The highest BCUT2D eigenvalue weighted by Crippen LogP contribution is 2.30. The highest BCUT2D eigenvalue weighted by molar-refractivity contribution is 6.32. The van der Waals surface area contributed by atoms with E-state index in [-0.39, 0.29) is 5.38 Å². The topological polar surface area (TPSA) is 54.5 Å². The predicted molar refractivity (Wildman–Crippen MR) is 82.9 cm³/mol. The van der Waals surface area contributed by atoms with Crippen LogP contribution < -0.4 is 0 Å². The Kier molecular flexibility index (Phi) is 3.54. The maximum atomic E-state index is 8.94. The zero-order chi connectivity index (χ0) is 15.0. The van der Waals surface area contributed by atoms with E-state index in [1.807, 2.05) is 23.6 Å². The number of fused-ring (bicyclic) bond motifs is 1. The quantitative estimate of drug-likeness (QED) is 0.664. The normalized spacial score (nSPS) is 12.3. The SMILES string of the molecule is CC(Cl)c1nc2cccnc2n1-c1ccc(C#N)cc1Cl. The van der Waals surface area contributed by atoms with Crippen LogP contribution in [0.1, 0.15) is 23.7 Å². The van der Waals surface area contributed by atoms with E-state index in [4.69, 9.17) is 28.5 Å². The fraction of sp³-hybridized carbons (Fsp3) is 0.133. The zero-order valence-electron chi connectivity index (χ0n) is 11.1. The van der Waals surface area contributed by atoms with Crippen molar-refractivity contribution in [1.82, 2.24) is 14.5 Å². The van der Waals surface area contributed by atoms with Gasteiger partial charge in [-0.1, -0.05) is 11.6 Å². The van der Waals surface area contributed by atoms with E-state index in [0.717, 1.165) is 5.52 Å². The van der Waals surface area contributed by atoms with E-state index in [9.17, 15) is 0 Å². The first-order valence-corrected chi connectivity index (χ1v) is 7.10. The Labute approximate surface area is 131 Å². The number of alkyl halides is 1. The summed E-state index contributed by atoms with van der Waals surface area (Å²) in [4.78, 5) is 8.88. The minimum absolute atomic E-state index is 0.300. The Balaban J connectivity index is 2.33. The number of hydrogen-bond acceptors (Lipinski definition) is 3. The van der Waals surface area contributed by atoms with Crippen LogP contribution in [0.4, 0.5) is 0 Å². The third-order valence-corrected chi connectivity index (χ3v) is 3.61. The standard InChI is InChI=1S/C15H10Cl2N4/c1-9(16)14-20-12-3-2-6-19-15(12)21(14)13-5-4-10(8-18)7-11(13)17/h2-7,9H,1H3. The Morgan fingerprint density at radius 1 is 1.33 bits per heavy atom. The fourth-order valence-corrected chi connectivity index (χ4v) is 2.60. The number of halogens is 2. The van der Waals surface area contributed by atoms with E-state index in [1.165, 1.54) is 0 Å². The van der Waals surface area contributed by atoms with E-state index in [1.54, 1.807) is 24.4 Å². The van der Waals surface area contributed by atoms with Gasteiger partial charge in [-0.3, -0.25) is 4.57 Å². The van der Waals surface area contributed by atoms with Crippen molar-refractivity contribution in [2.45, 2.75) is 12.3 Å². The van der Waals surface area contributed by atoms with E-state index >= 15 is 0 Å². The molecule has 0 aliphatic heterocycles. The predicted octanol–water partition coefficient (Wildman–Crippen LogP) is 4.25. The highest BCUT2D eigenvalue weighted by atomic mass is 35.5. The molecule has 2 aromatic heterocycles. The van der Waals surface area contributed by atoms with Crippen molar-refractivity contribution in [2.75, 3.05) is 0 Å². The summed E-state index contributed by atoms with van der Waals surface area (Å²) in [5.74, 6) is 0.664. The molecule has 0 amide bonds. The summed E-state index contributed by atoms with van der Waals surface area (Å²) in [6, 6.07) is 10.9. The number of aromatic nitrogens is 3. The van der Waals surface area contributed by atoms with Gasteiger partial charge in [-0.25, -0.2) is 9.97 Å². The van der Waals surface area contributed by atoms with Crippen LogP contribution in [0.15, 0.2) is 36.5 Å². The molecule has 1 unspecified atom stereocenters. The van der Waals surface area contributed by atoms with Crippen LogP contribution in [0.5, 0.6) is 0 Å². The lowest BCUT2D eigenvalue weighted by Crippen LogP contribution is -2.03. The minimum atomic E-state index is -0.300. The molecule has 21 heavy (non-hydrogen) atoms. The lowest BCUT2D eigenvalue weighted by Gasteiger charge is -2.11.